The molecule has 2 fully saturated rings. The lowest BCUT2D eigenvalue weighted by Gasteiger charge is -2.26. The molecule has 0 unspecified atom stereocenters. The van der Waals surface area contributed by atoms with Crippen LogP contribution in [0.2, 0.25) is 0 Å². The summed E-state index contributed by atoms with van der Waals surface area (Å²) in [7, 11) is 0. The molecule has 1 aromatic heterocycles. The van der Waals surface area contributed by atoms with Gasteiger partial charge in [-0.15, -0.1) is 10.2 Å². The predicted octanol–water partition coefficient (Wildman–Crippen LogP) is 0.869. The highest BCUT2D eigenvalue weighted by Crippen LogP contribution is 2.41. The summed E-state index contributed by atoms with van der Waals surface area (Å²) in [6, 6.07) is -0.211. The molecule has 110 valence electrons. The molecule has 8 heteroatoms. The first-order valence-corrected chi connectivity index (χ1v) is 7.81. The number of amides is 2. The van der Waals surface area contributed by atoms with Gasteiger partial charge in [0.2, 0.25) is 5.13 Å². The predicted molar refractivity (Wildman–Crippen MR) is 76.2 cm³/mol. The fourth-order valence-electron chi connectivity index (χ4n) is 2.07. The number of morpholine rings is 1. The average Bonchev–Trinajstić information content (AvgIpc) is 3.21. The molecule has 7 nitrogen and oxygen atoms in total. The summed E-state index contributed by atoms with van der Waals surface area (Å²) in [5.74, 6) is 0.576. The van der Waals surface area contributed by atoms with Crippen molar-refractivity contribution in [3.63, 3.8) is 0 Å². The number of nitrogens with zero attached hydrogens (tertiary/aromatic N) is 3. The standard InChI is InChI=1S/C12H19N5O2S/c18-11(13-3-4-17-5-7-19-8-6-17)14-12-16-15-10(20-12)9-1-2-9/h9H,1-8H2,(H2,13,14,16,18). The van der Waals surface area contributed by atoms with Crippen molar-refractivity contribution in [1.29, 1.82) is 0 Å². The summed E-state index contributed by atoms with van der Waals surface area (Å²) in [6.07, 6.45) is 2.39. The van der Waals surface area contributed by atoms with Crippen molar-refractivity contribution in [3.05, 3.63) is 5.01 Å². The van der Waals surface area contributed by atoms with Crippen LogP contribution < -0.4 is 10.6 Å². The van der Waals surface area contributed by atoms with Gasteiger partial charge in [-0.3, -0.25) is 10.2 Å². The highest BCUT2D eigenvalue weighted by Gasteiger charge is 2.27. The average molecular weight is 297 g/mol. The number of anilines is 1. The normalized spacial score (nSPS) is 19.8. The first-order valence-electron chi connectivity index (χ1n) is 6.99. The van der Waals surface area contributed by atoms with Crippen LogP contribution in [0, 0.1) is 0 Å². The number of rotatable bonds is 5. The zero-order valence-corrected chi connectivity index (χ0v) is 12.1. The second-order valence-electron chi connectivity index (χ2n) is 5.05. The Morgan fingerprint density at radius 3 is 2.90 bits per heavy atom. The van der Waals surface area contributed by atoms with E-state index in [2.05, 4.69) is 25.7 Å². The monoisotopic (exact) mass is 297 g/mol. The topological polar surface area (TPSA) is 79.4 Å². The molecule has 20 heavy (non-hydrogen) atoms. The van der Waals surface area contributed by atoms with E-state index in [1.165, 1.54) is 24.2 Å². The van der Waals surface area contributed by atoms with Gasteiger partial charge in [0.1, 0.15) is 5.01 Å². The van der Waals surface area contributed by atoms with Gasteiger partial charge in [-0.2, -0.15) is 0 Å². The molecule has 1 saturated heterocycles. The van der Waals surface area contributed by atoms with E-state index >= 15 is 0 Å². The molecule has 2 aliphatic rings. The molecule has 1 saturated carbocycles. The maximum absolute atomic E-state index is 11.7. The van der Waals surface area contributed by atoms with Crippen molar-refractivity contribution in [2.24, 2.45) is 0 Å². The second kappa shape index (κ2) is 6.47. The van der Waals surface area contributed by atoms with E-state index in [4.69, 9.17) is 4.74 Å². The third-order valence-electron chi connectivity index (χ3n) is 3.40. The van der Waals surface area contributed by atoms with Crippen LogP contribution in [-0.2, 0) is 4.74 Å². The van der Waals surface area contributed by atoms with Crippen LogP contribution in [0.5, 0.6) is 0 Å². The Hall–Kier alpha value is -1.25. The van der Waals surface area contributed by atoms with Gasteiger partial charge in [0.25, 0.3) is 0 Å². The molecule has 2 amide bonds. The molecular formula is C12H19N5O2S. The first kappa shape index (κ1) is 13.7. The first-order chi connectivity index (χ1) is 9.81. The van der Waals surface area contributed by atoms with Crippen LogP contribution >= 0.6 is 11.3 Å². The summed E-state index contributed by atoms with van der Waals surface area (Å²) >= 11 is 1.47. The minimum absolute atomic E-state index is 0.211. The van der Waals surface area contributed by atoms with Crippen LogP contribution in [0.3, 0.4) is 0 Å². The molecule has 1 aliphatic carbocycles. The molecule has 2 N–H and O–H groups in total. The van der Waals surface area contributed by atoms with E-state index in [1.807, 2.05) is 0 Å². The molecule has 0 atom stereocenters. The third-order valence-corrected chi connectivity index (χ3v) is 4.41. The van der Waals surface area contributed by atoms with Gasteiger partial charge in [-0.05, 0) is 12.8 Å². The molecule has 0 radical (unpaired) electrons. The highest BCUT2D eigenvalue weighted by molar-refractivity contribution is 7.15. The Morgan fingerprint density at radius 2 is 2.15 bits per heavy atom. The Bertz CT molecular complexity index is 456. The van der Waals surface area contributed by atoms with Crippen molar-refractivity contribution in [2.45, 2.75) is 18.8 Å². The van der Waals surface area contributed by atoms with Crippen molar-refractivity contribution >= 4 is 22.5 Å². The van der Waals surface area contributed by atoms with Gasteiger partial charge in [0, 0.05) is 32.1 Å². The van der Waals surface area contributed by atoms with Gasteiger partial charge in [-0.1, -0.05) is 11.3 Å². The lowest BCUT2D eigenvalue weighted by atomic mass is 10.4. The van der Waals surface area contributed by atoms with Crippen LogP contribution in [-0.4, -0.2) is 60.5 Å². The van der Waals surface area contributed by atoms with Gasteiger partial charge in [0.05, 0.1) is 13.2 Å². The molecule has 0 bridgehead atoms. The van der Waals surface area contributed by atoms with Crippen molar-refractivity contribution in [1.82, 2.24) is 20.4 Å². The van der Waals surface area contributed by atoms with Gasteiger partial charge in [-0.25, -0.2) is 4.79 Å². The number of carbonyl (C=O) groups excluding carboxylic acids is 1. The summed E-state index contributed by atoms with van der Waals surface area (Å²) in [4.78, 5) is 14.0. The highest BCUT2D eigenvalue weighted by atomic mass is 32.1. The van der Waals surface area contributed by atoms with Crippen LogP contribution in [0.1, 0.15) is 23.8 Å². The van der Waals surface area contributed by atoms with E-state index in [1.54, 1.807) is 0 Å². The quantitative estimate of drug-likeness (QED) is 0.843. The summed E-state index contributed by atoms with van der Waals surface area (Å²) in [5.41, 5.74) is 0. The number of ether oxygens (including phenoxy) is 1. The molecule has 3 rings (SSSR count). The van der Waals surface area contributed by atoms with Crippen LogP contribution in [0.4, 0.5) is 9.93 Å². The molecular weight excluding hydrogens is 278 g/mol. The number of urea groups is 1. The number of hydrogen-bond donors (Lipinski definition) is 2. The summed E-state index contributed by atoms with van der Waals surface area (Å²) in [5, 5.41) is 15.3. The molecule has 2 heterocycles. The summed E-state index contributed by atoms with van der Waals surface area (Å²) in [6.45, 7) is 4.90. The zero-order valence-electron chi connectivity index (χ0n) is 11.3. The minimum atomic E-state index is -0.211. The molecule has 1 aliphatic heterocycles. The lowest BCUT2D eigenvalue weighted by Crippen LogP contribution is -2.42. The molecule has 0 aromatic carbocycles. The summed E-state index contributed by atoms with van der Waals surface area (Å²) < 4.78 is 5.28. The van der Waals surface area contributed by atoms with Gasteiger partial charge in [0.15, 0.2) is 0 Å². The molecule has 1 aromatic rings. The van der Waals surface area contributed by atoms with Crippen molar-refractivity contribution in [2.75, 3.05) is 44.7 Å². The zero-order chi connectivity index (χ0) is 13.8. The van der Waals surface area contributed by atoms with Gasteiger partial charge < -0.3 is 10.1 Å². The number of carbonyl (C=O) groups is 1. The number of nitrogens with one attached hydrogen (secondary N) is 2. The van der Waals surface area contributed by atoms with E-state index in [9.17, 15) is 4.79 Å². The van der Waals surface area contributed by atoms with E-state index < -0.39 is 0 Å². The van der Waals surface area contributed by atoms with E-state index in [-0.39, 0.29) is 6.03 Å². The Labute approximate surface area is 121 Å². The minimum Gasteiger partial charge on any atom is -0.379 e. The maximum Gasteiger partial charge on any atom is 0.321 e. The second-order valence-corrected chi connectivity index (χ2v) is 6.06. The smallest absolute Gasteiger partial charge is 0.321 e. The SMILES string of the molecule is O=C(NCCN1CCOCC1)Nc1nnc(C2CC2)s1. The van der Waals surface area contributed by atoms with E-state index in [0.29, 0.717) is 17.6 Å². The van der Waals surface area contributed by atoms with E-state index in [0.717, 1.165) is 37.9 Å². The maximum atomic E-state index is 11.7. The largest absolute Gasteiger partial charge is 0.379 e. The third kappa shape index (κ3) is 3.87. The fraction of sp³-hybridized carbons (Fsp3) is 0.750. The van der Waals surface area contributed by atoms with Crippen LogP contribution in [0.25, 0.3) is 0 Å². The lowest BCUT2D eigenvalue weighted by molar-refractivity contribution is 0.0388. The number of hydrogen-bond acceptors (Lipinski definition) is 6. The Balaban J connectivity index is 1.35. The molecule has 0 spiro atoms. The van der Waals surface area contributed by atoms with Crippen molar-refractivity contribution in [3.8, 4) is 0 Å². The van der Waals surface area contributed by atoms with Gasteiger partial charge >= 0.3 is 6.03 Å². The Kier molecular flexibility index (Phi) is 4.44. The van der Waals surface area contributed by atoms with Crippen LogP contribution in [0.15, 0.2) is 0 Å². The fourth-order valence-corrected chi connectivity index (χ4v) is 2.98. The van der Waals surface area contributed by atoms with Crippen molar-refractivity contribution < 1.29 is 9.53 Å². The number of aromatic nitrogens is 2. The Morgan fingerprint density at radius 1 is 1.35 bits per heavy atom.